The molecule has 0 aliphatic rings. The third-order valence-electron chi connectivity index (χ3n) is 4.78. The van der Waals surface area contributed by atoms with Gasteiger partial charge in [-0.1, -0.05) is 72.4 Å². The monoisotopic (exact) mass is 403 g/mol. The number of fused-ring (bicyclic) bond motifs is 1. The predicted molar refractivity (Wildman–Crippen MR) is 115 cm³/mol. The van der Waals surface area contributed by atoms with Crippen LogP contribution in [0.5, 0.6) is 0 Å². The molecule has 0 aliphatic heterocycles. The van der Waals surface area contributed by atoms with Gasteiger partial charge in [0.15, 0.2) is 0 Å². The standard InChI is InChI=1S/C22H21N5OS/c1-15-8-3-6-13-20(15)27-22(24-25-26-27)29-14-21(28)23-16(2)18-12-7-10-17-9-4-5-11-19(17)18/h3-13,16H,14H2,1-2H3,(H,23,28)/t16-/m1/s1. The van der Waals surface area contributed by atoms with Crippen LogP contribution in [-0.2, 0) is 4.79 Å². The van der Waals surface area contributed by atoms with Gasteiger partial charge in [0.2, 0.25) is 11.1 Å². The molecule has 0 aliphatic carbocycles. The average molecular weight is 404 g/mol. The minimum atomic E-state index is -0.0958. The largest absolute Gasteiger partial charge is 0.349 e. The molecule has 0 saturated heterocycles. The minimum absolute atomic E-state index is 0.0604. The third-order valence-corrected chi connectivity index (χ3v) is 5.70. The van der Waals surface area contributed by atoms with Gasteiger partial charge in [0, 0.05) is 0 Å². The molecule has 0 fully saturated rings. The number of nitrogens with zero attached hydrogens (tertiary/aromatic N) is 4. The number of thioether (sulfide) groups is 1. The number of carbonyl (C=O) groups excluding carboxylic acids is 1. The molecule has 6 nitrogen and oxygen atoms in total. The number of tetrazole rings is 1. The fraction of sp³-hybridized carbons (Fsp3) is 0.182. The fourth-order valence-electron chi connectivity index (χ4n) is 3.34. The SMILES string of the molecule is Cc1ccccc1-n1nnnc1SCC(=O)N[C@H](C)c1cccc2ccccc12. The first-order valence-electron chi connectivity index (χ1n) is 9.37. The van der Waals surface area contributed by atoms with Crippen molar-refractivity contribution in [2.75, 3.05) is 5.75 Å². The van der Waals surface area contributed by atoms with Crippen molar-refractivity contribution in [2.45, 2.75) is 25.0 Å². The Labute approximate surface area is 173 Å². The van der Waals surface area contributed by atoms with E-state index in [4.69, 9.17) is 0 Å². The van der Waals surface area contributed by atoms with Crippen molar-refractivity contribution >= 4 is 28.4 Å². The van der Waals surface area contributed by atoms with Crippen LogP contribution in [0.4, 0.5) is 0 Å². The summed E-state index contributed by atoms with van der Waals surface area (Å²) in [5.41, 5.74) is 3.08. The van der Waals surface area contributed by atoms with E-state index in [1.165, 1.54) is 11.8 Å². The number of hydrogen-bond donors (Lipinski definition) is 1. The van der Waals surface area contributed by atoms with Crippen LogP contribution in [0.2, 0.25) is 0 Å². The molecular weight excluding hydrogens is 382 g/mol. The van der Waals surface area contributed by atoms with E-state index in [1.807, 2.05) is 56.3 Å². The number of para-hydroxylation sites is 1. The zero-order valence-electron chi connectivity index (χ0n) is 16.2. The fourth-order valence-corrected chi connectivity index (χ4v) is 4.04. The lowest BCUT2D eigenvalue weighted by Gasteiger charge is -2.16. The molecular formula is C22H21N5OS. The van der Waals surface area contributed by atoms with Crippen molar-refractivity contribution in [1.82, 2.24) is 25.5 Å². The number of nitrogens with one attached hydrogen (secondary N) is 1. The van der Waals surface area contributed by atoms with Crippen molar-refractivity contribution < 1.29 is 4.79 Å². The Bertz CT molecular complexity index is 1150. The van der Waals surface area contributed by atoms with Crippen LogP contribution in [0, 0.1) is 6.92 Å². The van der Waals surface area contributed by atoms with Gasteiger partial charge in [-0.15, -0.1) is 5.10 Å². The number of carbonyl (C=O) groups is 1. The molecule has 0 unspecified atom stereocenters. The Balaban J connectivity index is 1.44. The lowest BCUT2D eigenvalue weighted by atomic mass is 10.00. The topological polar surface area (TPSA) is 72.7 Å². The summed E-state index contributed by atoms with van der Waals surface area (Å²) in [6, 6.07) is 22.1. The van der Waals surface area contributed by atoms with Gasteiger partial charge in [0.1, 0.15) is 0 Å². The molecule has 146 valence electrons. The van der Waals surface area contributed by atoms with E-state index in [2.05, 4.69) is 45.1 Å². The Morgan fingerprint density at radius 1 is 1.07 bits per heavy atom. The molecule has 1 heterocycles. The van der Waals surface area contributed by atoms with Crippen molar-refractivity contribution in [3.05, 3.63) is 77.9 Å². The molecule has 0 saturated carbocycles. The van der Waals surface area contributed by atoms with E-state index < -0.39 is 0 Å². The molecule has 4 rings (SSSR count). The van der Waals surface area contributed by atoms with E-state index in [0.717, 1.165) is 27.6 Å². The summed E-state index contributed by atoms with van der Waals surface area (Å²) >= 11 is 1.32. The number of aryl methyl sites for hydroxylation is 1. The lowest BCUT2D eigenvalue weighted by molar-refractivity contribution is -0.119. The first kappa shape index (κ1) is 19.1. The number of amides is 1. The van der Waals surface area contributed by atoms with Crippen LogP contribution in [0.25, 0.3) is 16.5 Å². The summed E-state index contributed by atoms with van der Waals surface area (Å²) < 4.78 is 1.67. The highest BCUT2D eigenvalue weighted by Gasteiger charge is 2.15. The Hall–Kier alpha value is -3.19. The highest BCUT2D eigenvalue weighted by atomic mass is 32.2. The molecule has 1 amide bonds. The maximum absolute atomic E-state index is 12.6. The number of rotatable bonds is 6. The maximum Gasteiger partial charge on any atom is 0.230 e. The van der Waals surface area contributed by atoms with Gasteiger partial charge in [-0.3, -0.25) is 4.79 Å². The summed E-state index contributed by atoms with van der Waals surface area (Å²) in [6.45, 7) is 4.01. The van der Waals surface area contributed by atoms with Crippen molar-refractivity contribution in [1.29, 1.82) is 0 Å². The number of hydrogen-bond acceptors (Lipinski definition) is 5. The maximum atomic E-state index is 12.6. The molecule has 0 bridgehead atoms. The second-order valence-electron chi connectivity index (χ2n) is 6.81. The van der Waals surface area contributed by atoms with Gasteiger partial charge in [0.25, 0.3) is 0 Å². The second-order valence-corrected chi connectivity index (χ2v) is 7.75. The van der Waals surface area contributed by atoms with Gasteiger partial charge >= 0.3 is 0 Å². The molecule has 3 aromatic carbocycles. The smallest absolute Gasteiger partial charge is 0.230 e. The second kappa shape index (κ2) is 8.45. The van der Waals surface area contributed by atoms with Crippen molar-refractivity contribution in [2.24, 2.45) is 0 Å². The average Bonchev–Trinajstić information content (AvgIpc) is 3.20. The highest BCUT2D eigenvalue weighted by molar-refractivity contribution is 7.99. The summed E-state index contributed by atoms with van der Waals surface area (Å²) in [5.74, 6) is 0.177. The third kappa shape index (κ3) is 4.14. The van der Waals surface area contributed by atoms with Crippen LogP contribution in [0.3, 0.4) is 0 Å². The molecule has 0 spiro atoms. The Kier molecular flexibility index (Phi) is 5.57. The molecule has 1 aromatic heterocycles. The van der Waals surface area contributed by atoms with E-state index in [-0.39, 0.29) is 17.7 Å². The first-order chi connectivity index (χ1) is 14.1. The van der Waals surface area contributed by atoms with E-state index in [1.54, 1.807) is 4.68 Å². The minimum Gasteiger partial charge on any atom is -0.349 e. The molecule has 29 heavy (non-hydrogen) atoms. The van der Waals surface area contributed by atoms with Gasteiger partial charge in [0.05, 0.1) is 17.5 Å². The van der Waals surface area contributed by atoms with Crippen molar-refractivity contribution in [3.63, 3.8) is 0 Å². The zero-order valence-corrected chi connectivity index (χ0v) is 17.1. The molecule has 1 atom stereocenters. The normalized spacial score (nSPS) is 12.1. The van der Waals surface area contributed by atoms with Crippen LogP contribution < -0.4 is 5.32 Å². The highest BCUT2D eigenvalue weighted by Crippen LogP contribution is 2.25. The first-order valence-corrected chi connectivity index (χ1v) is 10.4. The quantitative estimate of drug-likeness (QED) is 0.491. The predicted octanol–water partition coefficient (Wildman–Crippen LogP) is 4.09. The van der Waals surface area contributed by atoms with Crippen molar-refractivity contribution in [3.8, 4) is 5.69 Å². The molecule has 1 N–H and O–H groups in total. The van der Waals surface area contributed by atoms with E-state index in [9.17, 15) is 4.79 Å². The van der Waals surface area contributed by atoms with Crippen LogP contribution >= 0.6 is 11.8 Å². The van der Waals surface area contributed by atoms with Gasteiger partial charge < -0.3 is 5.32 Å². The Morgan fingerprint density at radius 2 is 1.83 bits per heavy atom. The van der Waals surface area contributed by atoms with E-state index in [0.29, 0.717) is 5.16 Å². The van der Waals surface area contributed by atoms with Crippen LogP contribution in [0.15, 0.2) is 71.9 Å². The molecule has 0 radical (unpaired) electrons. The summed E-state index contributed by atoms with van der Waals surface area (Å²) in [6.07, 6.45) is 0. The zero-order chi connectivity index (χ0) is 20.2. The van der Waals surface area contributed by atoms with Gasteiger partial charge in [-0.05, 0) is 52.2 Å². The van der Waals surface area contributed by atoms with Crippen LogP contribution in [-0.4, -0.2) is 31.9 Å². The van der Waals surface area contributed by atoms with Crippen LogP contribution in [0.1, 0.15) is 24.1 Å². The number of aromatic nitrogens is 4. The molecule has 7 heteroatoms. The summed E-state index contributed by atoms with van der Waals surface area (Å²) in [4.78, 5) is 12.6. The summed E-state index contributed by atoms with van der Waals surface area (Å²) in [5, 5.41) is 17.9. The van der Waals surface area contributed by atoms with Gasteiger partial charge in [-0.25, -0.2) is 0 Å². The number of benzene rings is 3. The van der Waals surface area contributed by atoms with E-state index >= 15 is 0 Å². The molecule has 4 aromatic rings. The lowest BCUT2D eigenvalue weighted by Crippen LogP contribution is -2.28. The summed E-state index contributed by atoms with van der Waals surface area (Å²) in [7, 11) is 0. The Morgan fingerprint density at radius 3 is 2.69 bits per heavy atom. The van der Waals surface area contributed by atoms with Gasteiger partial charge in [-0.2, -0.15) is 4.68 Å².